The molecule has 2 N–H and O–H groups in total. The standard InChI is InChI=1S/C20H25N7O2S/c1-12-13(17(29)25-19(23-12)30-5)7-8-16(28)24-15-11-14(20(2,3)4)26-27(15)18-21-9-6-10-22-18/h6,9-11H,7-8H2,1-5H3,(H,24,28)(H,23,25,29). The van der Waals surface area contributed by atoms with Crippen molar-refractivity contribution in [1.82, 2.24) is 29.7 Å². The van der Waals surface area contributed by atoms with Crippen LogP contribution in [0.1, 0.15) is 44.1 Å². The Morgan fingerprint density at radius 2 is 1.97 bits per heavy atom. The number of aromatic nitrogens is 6. The number of aryl methyl sites for hydroxylation is 1. The lowest BCUT2D eigenvalue weighted by molar-refractivity contribution is -0.116. The zero-order valence-electron chi connectivity index (χ0n) is 17.7. The van der Waals surface area contributed by atoms with Crippen LogP contribution in [0, 0.1) is 6.92 Å². The number of carbonyl (C=O) groups excluding carboxylic acids is 1. The minimum Gasteiger partial charge on any atom is -0.310 e. The van der Waals surface area contributed by atoms with Crippen molar-refractivity contribution in [2.24, 2.45) is 0 Å². The van der Waals surface area contributed by atoms with Gasteiger partial charge in [0, 0.05) is 41.6 Å². The highest BCUT2D eigenvalue weighted by atomic mass is 32.2. The second-order valence-corrected chi connectivity index (χ2v) is 8.61. The topological polar surface area (TPSA) is 118 Å². The van der Waals surface area contributed by atoms with Gasteiger partial charge in [0.05, 0.1) is 5.69 Å². The maximum absolute atomic E-state index is 12.6. The van der Waals surface area contributed by atoms with E-state index < -0.39 is 0 Å². The minimum atomic E-state index is -0.236. The molecule has 0 aromatic carbocycles. The number of H-pyrrole nitrogens is 1. The number of nitrogens with one attached hydrogen (secondary N) is 2. The van der Waals surface area contributed by atoms with E-state index >= 15 is 0 Å². The molecule has 0 atom stereocenters. The Labute approximate surface area is 178 Å². The van der Waals surface area contributed by atoms with Crippen molar-refractivity contribution < 1.29 is 4.79 Å². The summed E-state index contributed by atoms with van der Waals surface area (Å²) in [6.07, 6.45) is 5.50. The molecular weight excluding hydrogens is 402 g/mol. The zero-order chi connectivity index (χ0) is 21.9. The monoisotopic (exact) mass is 427 g/mol. The summed E-state index contributed by atoms with van der Waals surface area (Å²) >= 11 is 1.37. The first-order valence-corrected chi connectivity index (χ1v) is 10.7. The van der Waals surface area contributed by atoms with Crippen LogP contribution in [0.15, 0.2) is 34.5 Å². The van der Waals surface area contributed by atoms with Crippen LogP contribution in [-0.2, 0) is 16.6 Å². The molecule has 3 heterocycles. The molecule has 0 radical (unpaired) electrons. The Bertz CT molecular complexity index is 1100. The van der Waals surface area contributed by atoms with Crippen LogP contribution in [0.25, 0.3) is 5.95 Å². The molecule has 0 aliphatic heterocycles. The zero-order valence-corrected chi connectivity index (χ0v) is 18.5. The number of amides is 1. The van der Waals surface area contributed by atoms with Crippen molar-refractivity contribution in [3.05, 3.63) is 51.8 Å². The molecule has 3 aromatic rings. The molecule has 0 aliphatic rings. The summed E-state index contributed by atoms with van der Waals surface area (Å²) in [5.41, 5.74) is 1.52. The van der Waals surface area contributed by atoms with Gasteiger partial charge < -0.3 is 10.3 Å². The van der Waals surface area contributed by atoms with E-state index in [1.54, 1.807) is 25.4 Å². The summed E-state index contributed by atoms with van der Waals surface area (Å²) in [5.74, 6) is 0.616. The number of hydrogen-bond donors (Lipinski definition) is 2. The fourth-order valence-electron chi connectivity index (χ4n) is 2.81. The molecule has 0 spiro atoms. The molecule has 30 heavy (non-hydrogen) atoms. The lowest BCUT2D eigenvalue weighted by Crippen LogP contribution is -2.21. The molecule has 1 amide bonds. The van der Waals surface area contributed by atoms with Crippen molar-refractivity contribution >= 4 is 23.5 Å². The predicted molar refractivity (Wildman–Crippen MR) is 116 cm³/mol. The maximum Gasteiger partial charge on any atom is 0.254 e. The molecule has 0 aliphatic carbocycles. The molecule has 0 saturated carbocycles. The second kappa shape index (κ2) is 8.78. The molecule has 9 nitrogen and oxygen atoms in total. The highest BCUT2D eigenvalue weighted by Crippen LogP contribution is 2.25. The normalized spacial score (nSPS) is 11.5. The molecular formula is C20H25N7O2S. The third kappa shape index (κ3) is 4.93. The van der Waals surface area contributed by atoms with Crippen molar-refractivity contribution in [1.29, 1.82) is 0 Å². The molecule has 10 heteroatoms. The van der Waals surface area contributed by atoms with Gasteiger partial charge in [-0.1, -0.05) is 32.5 Å². The number of hydrogen-bond acceptors (Lipinski definition) is 7. The van der Waals surface area contributed by atoms with Crippen molar-refractivity contribution in [3.8, 4) is 5.95 Å². The van der Waals surface area contributed by atoms with Gasteiger partial charge in [-0.2, -0.15) is 9.78 Å². The van der Waals surface area contributed by atoms with E-state index in [-0.39, 0.29) is 29.7 Å². The van der Waals surface area contributed by atoms with Gasteiger partial charge in [0.1, 0.15) is 5.82 Å². The van der Waals surface area contributed by atoms with E-state index in [2.05, 4.69) is 30.4 Å². The first-order chi connectivity index (χ1) is 14.2. The van der Waals surface area contributed by atoms with Gasteiger partial charge in [-0.05, 0) is 25.7 Å². The molecule has 0 bridgehead atoms. The Hall–Kier alpha value is -3.01. The number of thioether (sulfide) groups is 1. The predicted octanol–water partition coefficient (Wildman–Crippen LogP) is 2.64. The SMILES string of the molecule is CSc1nc(C)c(CCC(=O)Nc2cc(C(C)(C)C)nn2-c2ncccn2)c(=O)[nH]1. The van der Waals surface area contributed by atoms with E-state index in [0.717, 1.165) is 5.69 Å². The Morgan fingerprint density at radius 3 is 2.57 bits per heavy atom. The van der Waals surface area contributed by atoms with E-state index in [4.69, 9.17) is 0 Å². The smallest absolute Gasteiger partial charge is 0.254 e. The third-order valence-corrected chi connectivity index (χ3v) is 5.06. The van der Waals surface area contributed by atoms with Gasteiger partial charge in [0.2, 0.25) is 5.91 Å². The summed E-state index contributed by atoms with van der Waals surface area (Å²) in [4.78, 5) is 40.4. The van der Waals surface area contributed by atoms with Crippen LogP contribution in [0.2, 0.25) is 0 Å². The molecule has 0 unspecified atom stereocenters. The fraction of sp³-hybridized carbons (Fsp3) is 0.400. The number of nitrogens with zero attached hydrogens (tertiary/aromatic N) is 5. The van der Waals surface area contributed by atoms with Gasteiger partial charge in [0.15, 0.2) is 5.16 Å². The largest absolute Gasteiger partial charge is 0.310 e. The molecule has 158 valence electrons. The summed E-state index contributed by atoms with van der Waals surface area (Å²) < 4.78 is 1.52. The van der Waals surface area contributed by atoms with Crippen LogP contribution in [0.4, 0.5) is 5.82 Å². The summed E-state index contributed by atoms with van der Waals surface area (Å²) in [5, 5.41) is 8.02. The van der Waals surface area contributed by atoms with E-state index in [1.807, 2.05) is 33.1 Å². The van der Waals surface area contributed by atoms with Crippen molar-refractivity contribution in [3.63, 3.8) is 0 Å². The highest BCUT2D eigenvalue weighted by molar-refractivity contribution is 7.98. The molecule has 3 aromatic heterocycles. The highest BCUT2D eigenvalue weighted by Gasteiger charge is 2.22. The van der Waals surface area contributed by atoms with Gasteiger partial charge in [0.25, 0.3) is 11.5 Å². The molecule has 0 saturated heterocycles. The lowest BCUT2D eigenvalue weighted by atomic mass is 9.92. The van der Waals surface area contributed by atoms with Gasteiger partial charge >= 0.3 is 0 Å². The van der Waals surface area contributed by atoms with E-state index in [0.29, 0.717) is 28.2 Å². The Morgan fingerprint density at radius 1 is 1.27 bits per heavy atom. The third-order valence-electron chi connectivity index (χ3n) is 4.48. The van der Waals surface area contributed by atoms with Crippen LogP contribution < -0.4 is 10.9 Å². The Balaban J connectivity index is 1.80. The fourth-order valence-corrected chi connectivity index (χ4v) is 3.23. The maximum atomic E-state index is 12.6. The van der Waals surface area contributed by atoms with Gasteiger partial charge in [-0.15, -0.1) is 0 Å². The quantitative estimate of drug-likeness (QED) is 0.458. The number of anilines is 1. The van der Waals surface area contributed by atoms with E-state index in [1.165, 1.54) is 16.4 Å². The number of carbonyl (C=O) groups is 1. The van der Waals surface area contributed by atoms with Crippen molar-refractivity contribution in [2.45, 2.75) is 51.1 Å². The summed E-state index contributed by atoms with van der Waals surface area (Å²) in [6.45, 7) is 7.89. The molecule has 3 rings (SSSR count). The molecule has 0 fully saturated rings. The lowest BCUT2D eigenvalue weighted by Gasteiger charge is -2.13. The summed E-state index contributed by atoms with van der Waals surface area (Å²) in [6, 6.07) is 3.53. The van der Waals surface area contributed by atoms with Crippen LogP contribution in [0.5, 0.6) is 0 Å². The minimum absolute atomic E-state index is 0.135. The number of rotatable bonds is 6. The Kier molecular flexibility index (Phi) is 6.35. The van der Waals surface area contributed by atoms with Crippen molar-refractivity contribution in [2.75, 3.05) is 11.6 Å². The summed E-state index contributed by atoms with van der Waals surface area (Å²) in [7, 11) is 0. The van der Waals surface area contributed by atoms with Crippen LogP contribution >= 0.6 is 11.8 Å². The van der Waals surface area contributed by atoms with E-state index in [9.17, 15) is 9.59 Å². The van der Waals surface area contributed by atoms with Crippen LogP contribution in [-0.4, -0.2) is 41.9 Å². The van der Waals surface area contributed by atoms with Gasteiger partial charge in [-0.25, -0.2) is 15.0 Å². The first kappa shape index (κ1) is 21.7. The second-order valence-electron chi connectivity index (χ2n) is 7.81. The first-order valence-electron chi connectivity index (χ1n) is 9.50. The van der Waals surface area contributed by atoms with Crippen LogP contribution in [0.3, 0.4) is 0 Å². The average molecular weight is 428 g/mol. The van der Waals surface area contributed by atoms with Gasteiger partial charge in [-0.3, -0.25) is 9.59 Å². The number of aromatic amines is 1. The average Bonchev–Trinajstić information content (AvgIpc) is 3.12.